The van der Waals surface area contributed by atoms with Crippen LogP contribution in [-0.2, 0) is 27.9 Å². The molecule has 0 aromatic rings. The number of nitrogens with zero attached hydrogens (tertiary/aromatic N) is 1. The van der Waals surface area contributed by atoms with Crippen molar-refractivity contribution in [1.29, 1.82) is 0 Å². The van der Waals surface area contributed by atoms with Gasteiger partial charge in [0.25, 0.3) is 7.82 Å². The Kier molecular flexibility index (Phi) is 36.5. The maximum Gasteiger partial charge on any atom is 0.306 e. The molecule has 0 aromatic heterocycles. The largest absolute Gasteiger partial charge is 0.756 e. The van der Waals surface area contributed by atoms with Gasteiger partial charge >= 0.3 is 5.97 Å². The van der Waals surface area contributed by atoms with Crippen LogP contribution in [0.3, 0.4) is 0 Å². The van der Waals surface area contributed by atoms with E-state index in [4.69, 9.17) is 18.5 Å². The fourth-order valence-electron chi connectivity index (χ4n) is 4.90. The molecule has 9 heteroatoms. The second-order valence-electron chi connectivity index (χ2n) is 14.6. The fourth-order valence-corrected chi connectivity index (χ4v) is 5.63. The van der Waals surface area contributed by atoms with E-state index < -0.39 is 19.9 Å². The number of unbranched alkanes of at least 4 members (excludes halogenated alkanes) is 7. The Morgan fingerprint density at radius 3 is 1.58 bits per heavy atom. The average Bonchev–Trinajstić information content (AvgIpc) is 3.13. The molecule has 0 rings (SSSR count). The molecule has 2 atom stereocenters. The molecule has 0 amide bonds. The number of hydrogen-bond donors (Lipinski definition) is 0. The molecule has 0 aliphatic heterocycles. The Labute approximate surface area is 337 Å². The van der Waals surface area contributed by atoms with Crippen molar-refractivity contribution in [2.45, 2.75) is 136 Å². The van der Waals surface area contributed by atoms with Crippen LogP contribution < -0.4 is 4.89 Å². The summed E-state index contributed by atoms with van der Waals surface area (Å²) in [5.74, 6) is -0.425. The summed E-state index contributed by atoms with van der Waals surface area (Å²) in [6, 6.07) is 0. The Balaban J connectivity index is 4.44. The minimum atomic E-state index is -4.55. The van der Waals surface area contributed by atoms with Gasteiger partial charge in [-0.05, 0) is 77.0 Å². The van der Waals surface area contributed by atoms with Crippen LogP contribution in [0.15, 0.2) is 97.2 Å². The molecule has 0 N–H and O–H groups in total. The first-order valence-corrected chi connectivity index (χ1v) is 22.4. The molecule has 0 heterocycles. The number of phosphoric ester groups is 1. The van der Waals surface area contributed by atoms with Gasteiger partial charge < -0.3 is 27.9 Å². The highest BCUT2D eigenvalue weighted by atomic mass is 31.2. The molecular formula is C46H78NO7P. The number of likely N-dealkylation sites (N-methyl/N-ethyl adjacent to an activating group) is 1. The average molecular weight is 788 g/mol. The van der Waals surface area contributed by atoms with E-state index in [0.717, 1.165) is 77.0 Å². The monoisotopic (exact) mass is 788 g/mol. The van der Waals surface area contributed by atoms with Gasteiger partial charge in [-0.3, -0.25) is 9.36 Å². The summed E-state index contributed by atoms with van der Waals surface area (Å²) in [5, 5.41) is 0. The van der Waals surface area contributed by atoms with Crippen LogP contribution in [0.25, 0.3) is 0 Å². The summed E-state index contributed by atoms with van der Waals surface area (Å²) in [7, 11) is 1.28. The predicted octanol–water partition coefficient (Wildman–Crippen LogP) is 11.6. The molecule has 0 aromatic carbocycles. The van der Waals surface area contributed by atoms with Crippen LogP contribution in [0.4, 0.5) is 0 Å². The summed E-state index contributed by atoms with van der Waals surface area (Å²) < 4.78 is 34.4. The van der Waals surface area contributed by atoms with Crippen molar-refractivity contribution >= 4 is 13.8 Å². The number of phosphoric acid groups is 1. The van der Waals surface area contributed by atoms with E-state index in [1.165, 1.54) is 25.7 Å². The first-order valence-electron chi connectivity index (χ1n) is 21.0. The van der Waals surface area contributed by atoms with Gasteiger partial charge in [0, 0.05) is 13.0 Å². The minimum Gasteiger partial charge on any atom is -0.756 e. The Hall–Kier alpha value is -2.58. The van der Waals surface area contributed by atoms with Gasteiger partial charge in [0.05, 0.1) is 34.4 Å². The molecule has 314 valence electrons. The van der Waals surface area contributed by atoms with Gasteiger partial charge in [-0.25, -0.2) is 0 Å². The molecule has 2 unspecified atom stereocenters. The quantitative estimate of drug-likeness (QED) is 0.0203. The molecule has 0 saturated carbocycles. The molecule has 8 nitrogen and oxygen atoms in total. The number of esters is 1. The van der Waals surface area contributed by atoms with Crippen molar-refractivity contribution in [3.63, 3.8) is 0 Å². The maximum atomic E-state index is 12.6. The van der Waals surface area contributed by atoms with E-state index in [1.807, 2.05) is 33.3 Å². The van der Waals surface area contributed by atoms with E-state index in [2.05, 4.69) is 98.9 Å². The van der Waals surface area contributed by atoms with Crippen molar-refractivity contribution in [2.75, 3.05) is 54.1 Å². The standard InChI is InChI=1S/C46H78NO7P/c1-6-8-10-12-14-16-18-20-22-23-24-25-26-27-29-31-33-35-37-39-46(48)54-45(44-53-55(49,50)52-42-40-47(3,4)5)43-51-41-38-36-34-32-30-28-21-19-17-15-13-11-9-7-2/h8,10-11,13-14,16-17,19-20,22,24-25,27,29,33,35,45H,6-7,9,12,15,18,21,23,26,28,30-32,34,36-44H2,1-5H3/b10-8-,13-11-,16-14-,19-17-,22-20-,25-24-,29-27-,35-33-. The van der Waals surface area contributed by atoms with Crippen LogP contribution in [0, 0.1) is 0 Å². The molecular weight excluding hydrogens is 709 g/mol. The van der Waals surface area contributed by atoms with Gasteiger partial charge in [0.15, 0.2) is 0 Å². The first-order chi connectivity index (χ1) is 26.6. The van der Waals surface area contributed by atoms with Crippen molar-refractivity contribution in [2.24, 2.45) is 0 Å². The number of ether oxygens (including phenoxy) is 2. The van der Waals surface area contributed by atoms with Crippen LogP contribution in [0.5, 0.6) is 0 Å². The van der Waals surface area contributed by atoms with Gasteiger partial charge in [0.1, 0.15) is 19.3 Å². The number of rotatable bonds is 37. The zero-order valence-corrected chi connectivity index (χ0v) is 36.2. The number of quaternary nitrogens is 1. The molecule has 0 bridgehead atoms. The summed E-state index contributed by atoms with van der Waals surface area (Å²) >= 11 is 0. The highest BCUT2D eigenvalue weighted by Crippen LogP contribution is 2.38. The Morgan fingerprint density at radius 2 is 1.05 bits per heavy atom. The highest BCUT2D eigenvalue weighted by Gasteiger charge is 2.20. The summed E-state index contributed by atoms with van der Waals surface area (Å²) in [4.78, 5) is 25.0. The third kappa shape index (κ3) is 42.4. The topological polar surface area (TPSA) is 94.1 Å². The van der Waals surface area contributed by atoms with Crippen LogP contribution in [0.1, 0.15) is 129 Å². The molecule has 0 radical (unpaired) electrons. The summed E-state index contributed by atoms with van der Waals surface area (Å²) in [6.45, 7) is 5.07. The van der Waals surface area contributed by atoms with Crippen molar-refractivity contribution in [1.82, 2.24) is 0 Å². The maximum absolute atomic E-state index is 12.6. The number of allylic oxidation sites excluding steroid dienone is 16. The lowest BCUT2D eigenvalue weighted by Gasteiger charge is -2.28. The third-order valence-electron chi connectivity index (χ3n) is 8.11. The number of carbonyl (C=O) groups excluding carboxylic acids is 1. The molecule has 0 aliphatic rings. The molecule has 0 fully saturated rings. The van der Waals surface area contributed by atoms with Gasteiger partial charge in [-0.2, -0.15) is 0 Å². The number of carbonyl (C=O) groups is 1. The van der Waals surface area contributed by atoms with Gasteiger partial charge in [0.2, 0.25) is 0 Å². The lowest BCUT2D eigenvalue weighted by Crippen LogP contribution is -2.37. The van der Waals surface area contributed by atoms with E-state index in [0.29, 0.717) is 24.1 Å². The molecule has 0 spiro atoms. The zero-order chi connectivity index (χ0) is 40.6. The van der Waals surface area contributed by atoms with Gasteiger partial charge in [-0.15, -0.1) is 0 Å². The SMILES string of the molecule is CC/C=C\C/C=C\C/C=C\C/C=C\C/C=C\C/C=C\CCC(=O)OC(COCCCCCCCC/C=C\C/C=C\CCC)COP(=O)([O-])OCC[N+](C)(C)C. The van der Waals surface area contributed by atoms with Crippen molar-refractivity contribution in [3.8, 4) is 0 Å². The fraction of sp³-hybridized carbons (Fsp3) is 0.630. The lowest BCUT2D eigenvalue weighted by molar-refractivity contribution is -0.870. The lowest BCUT2D eigenvalue weighted by atomic mass is 10.1. The highest BCUT2D eigenvalue weighted by molar-refractivity contribution is 7.45. The van der Waals surface area contributed by atoms with Crippen LogP contribution in [-0.4, -0.2) is 70.7 Å². The Bertz CT molecular complexity index is 1190. The zero-order valence-electron chi connectivity index (χ0n) is 35.3. The predicted molar refractivity (Wildman–Crippen MR) is 231 cm³/mol. The normalized spacial score (nSPS) is 14.8. The molecule has 0 saturated heterocycles. The van der Waals surface area contributed by atoms with Crippen molar-refractivity contribution in [3.05, 3.63) is 97.2 Å². The molecule has 0 aliphatic carbocycles. The second-order valence-corrected chi connectivity index (χ2v) is 16.0. The van der Waals surface area contributed by atoms with Gasteiger partial charge in [-0.1, -0.05) is 143 Å². The summed E-state index contributed by atoms with van der Waals surface area (Å²) in [5.41, 5.74) is 0. The summed E-state index contributed by atoms with van der Waals surface area (Å²) in [6.07, 6.45) is 51.5. The Morgan fingerprint density at radius 1 is 0.582 bits per heavy atom. The van der Waals surface area contributed by atoms with Crippen LogP contribution in [0.2, 0.25) is 0 Å². The second kappa shape index (κ2) is 38.3. The van der Waals surface area contributed by atoms with E-state index in [1.54, 1.807) is 0 Å². The van der Waals surface area contributed by atoms with E-state index >= 15 is 0 Å². The van der Waals surface area contributed by atoms with E-state index in [9.17, 15) is 14.3 Å². The van der Waals surface area contributed by atoms with E-state index in [-0.39, 0.29) is 26.2 Å². The number of hydrogen-bond acceptors (Lipinski definition) is 7. The smallest absolute Gasteiger partial charge is 0.306 e. The minimum absolute atomic E-state index is 0.00458. The third-order valence-corrected chi connectivity index (χ3v) is 9.08. The van der Waals surface area contributed by atoms with Crippen molar-refractivity contribution < 1.29 is 37.3 Å². The first kappa shape index (κ1) is 52.4. The molecule has 55 heavy (non-hydrogen) atoms. The van der Waals surface area contributed by atoms with Crippen LogP contribution >= 0.6 is 7.82 Å².